The molecule has 0 bridgehead atoms. The molecule has 8 heteroatoms. The molecule has 0 radical (unpaired) electrons. The molecule has 8 nitrogen and oxygen atoms in total. The van der Waals surface area contributed by atoms with Gasteiger partial charge in [0.15, 0.2) is 6.29 Å². The average Bonchev–Trinajstić information content (AvgIpc) is 3.18. The Kier molecular flexibility index (Phi) is 6.49. The van der Waals surface area contributed by atoms with Gasteiger partial charge in [-0.1, -0.05) is 25.5 Å². The van der Waals surface area contributed by atoms with E-state index in [9.17, 15) is 25.2 Å². The van der Waals surface area contributed by atoms with Gasteiger partial charge in [-0.25, -0.2) is 4.79 Å². The smallest absolute Gasteiger partial charge is 0.335 e. The van der Waals surface area contributed by atoms with Crippen LogP contribution < -0.4 is 5.63 Å². The number of hydrogen-bond donors (Lipinski definition) is 4. The van der Waals surface area contributed by atoms with Crippen LogP contribution in [0.25, 0.3) is 0 Å². The molecule has 12 atom stereocenters. The Morgan fingerprint density at radius 3 is 2.47 bits per heavy atom. The number of allylic oxidation sites excluding steroid dienone is 1. The molecule has 0 amide bonds. The fourth-order valence-electron chi connectivity index (χ4n) is 9.17. The molecular formula is C30H42O8. The van der Waals surface area contributed by atoms with Crippen LogP contribution in [0.15, 0.2) is 39.3 Å². The Balaban J connectivity index is 1.21. The van der Waals surface area contributed by atoms with E-state index in [0.717, 1.165) is 56.9 Å². The van der Waals surface area contributed by atoms with Gasteiger partial charge < -0.3 is 34.3 Å². The second-order valence-electron chi connectivity index (χ2n) is 13.1. The van der Waals surface area contributed by atoms with E-state index in [0.29, 0.717) is 5.92 Å². The molecule has 4 aliphatic carbocycles. The van der Waals surface area contributed by atoms with Crippen molar-refractivity contribution < 1.29 is 34.3 Å². The SMILES string of the molecule is C[C@@H]1O[C@H](O[C@@H]2C=C3CC[C@H]4[C@H](CC[C@]5(C)[C@@H](c6ccc(=O)oc6)CC[C@]45O)[C@@]3(C)CC2)[C@H](O)[C@H](O)[C@H]1O. The highest BCUT2D eigenvalue weighted by Crippen LogP contribution is 2.70. The zero-order valence-corrected chi connectivity index (χ0v) is 22.6. The maximum Gasteiger partial charge on any atom is 0.335 e. The standard InChI is InChI=1S/C30H42O8/c1-16-24(32)25(33)26(34)27(37-16)38-19-8-11-28(2)18(14-19)5-6-22-21(28)9-12-29(3)20(10-13-30(22,29)35)17-4-7-23(31)36-15-17/h4,7,14-16,19-22,24-27,32-35H,5-6,8-13H2,1-3H3/t16-,19-,20+,21-,22-,24-,25+,26+,27+,28-,29+,30-/m0/s1. The Morgan fingerprint density at radius 1 is 0.947 bits per heavy atom. The van der Waals surface area contributed by atoms with Gasteiger partial charge in [0.25, 0.3) is 0 Å². The molecule has 1 aromatic rings. The lowest BCUT2D eigenvalue weighted by Crippen LogP contribution is -2.60. The number of aliphatic hydroxyl groups is 4. The molecule has 1 aromatic heterocycles. The summed E-state index contributed by atoms with van der Waals surface area (Å²) in [7, 11) is 0. The molecule has 0 unspecified atom stereocenters. The van der Waals surface area contributed by atoms with Crippen LogP contribution in [0.4, 0.5) is 0 Å². The fourth-order valence-corrected chi connectivity index (χ4v) is 9.17. The number of fused-ring (bicyclic) bond motifs is 5. The van der Waals surface area contributed by atoms with Crippen LogP contribution in [0.3, 0.4) is 0 Å². The molecule has 1 saturated heterocycles. The summed E-state index contributed by atoms with van der Waals surface area (Å²) >= 11 is 0. The zero-order chi connectivity index (χ0) is 27.0. The van der Waals surface area contributed by atoms with Gasteiger partial charge in [-0.2, -0.15) is 0 Å². The Labute approximate surface area is 223 Å². The van der Waals surface area contributed by atoms with Gasteiger partial charge in [0.2, 0.25) is 0 Å². The first-order chi connectivity index (χ1) is 18.0. The number of rotatable bonds is 3. The molecule has 210 valence electrons. The van der Waals surface area contributed by atoms with E-state index in [1.807, 2.05) is 6.07 Å². The molecular weight excluding hydrogens is 488 g/mol. The van der Waals surface area contributed by atoms with E-state index in [1.54, 1.807) is 13.2 Å². The average molecular weight is 531 g/mol. The van der Waals surface area contributed by atoms with Crippen molar-refractivity contribution in [3.05, 3.63) is 46.0 Å². The summed E-state index contributed by atoms with van der Waals surface area (Å²) in [6.07, 6.45) is 5.32. The summed E-state index contributed by atoms with van der Waals surface area (Å²) in [6, 6.07) is 3.36. The highest BCUT2D eigenvalue weighted by molar-refractivity contribution is 5.31. The molecule has 2 heterocycles. The monoisotopic (exact) mass is 530 g/mol. The van der Waals surface area contributed by atoms with Crippen molar-refractivity contribution in [3.8, 4) is 0 Å². The molecule has 6 rings (SSSR count). The second kappa shape index (κ2) is 9.25. The van der Waals surface area contributed by atoms with Crippen LogP contribution in [-0.2, 0) is 9.47 Å². The van der Waals surface area contributed by atoms with Crippen molar-refractivity contribution in [1.82, 2.24) is 0 Å². The molecule has 0 spiro atoms. The maximum absolute atomic E-state index is 12.4. The van der Waals surface area contributed by atoms with E-state index in [-0.39, 0.29) is 34.4 Å². The highest BCUT2D eigenvalue weighted by Gasteiger charge is 2.66. The highest BCUT2D eigenvalue weighted by atomic mass is 16.7. The first-order valence-corrected chi connectivity index (χ1v) is 14.4. The van der Waals surface area contributed by atoms with Crippen molar-refractivity contribution in [2.45, 2.75) is 120 Å². The third-order valence-electron chi connectivity index (χ3n) is 11.5. The van der Waals surface area contributed by atoms with E-state index >= 15 is 0 Å². The third-order valence-corrected chi connectivity index (χ3v) is 11.5. The fraction of sp³-hybridized carbons (Fsp3) is 0.767. The first kappa shape index (κ1) is 26.7. The minimum atomic E-state index is -1.31. The molecule has 3 saturated carbocycles. The van der Waals surface area contributed by atoms with Crippen LogP contribution >= 0.6 is 0 Å². The summed E-state index contributed by atoms with van der Waals surface area (Å²) < 4.78 is 17.0. The quantitative estimate of drug-likeness (QED) is 0.439. The second-order valence-corrected chi connectivity index (χ2v) is 13.1. The van der Waals surface area contributed by atoms with Crippen molar-refractivity contribution >= 4 is 0 Å². The zero-order valence-electron chi connectivity index (χ0n) is 22.6. The van der Waals surface area contributed by atoms with Crippen LogP contribution in [0.5, 0.6) is 0 Å². The number of hydrogen-bond acceptors (Lipinski definition) is 8. The Hall–Kier alpha value is -1.55. The number of ether oxygens (including phenoxy) is 2. The van der Waals surface area contributed by atoms with Crippen LogP contribution in [0.2, 0.25) is 0 Å². The van der Waals surface area contributed by atoms with Gasteiger partial charge in [-0.3, -0.25) is 0 Å². The van der Waals surface area contributed by atoms with Gasteiger partial charge in [0, 0.05) is 11.5 Å². The third kappa shape index (κ3) is 3.82. The van der Waals surface area contributed by atoms with Crippen molar-refractivity contribution in [1.29, 1.82) is 0 Å². The van der Waals surface area contributed by atoms with Gasteiger partial charge in [-0.05, 0) is 93.1 Å². The molecule has 38 heavy (non-hydrogen) atoms. The predicted octanol–water partition coefficient (Wildman–Crippen LogP) is 3.01. The molecule has 1 aliphatic heterocycles. The summed E-state index contributed by atoms with van der Waals surface area (Å²) in [6.45, 7) is 6.26. The Morgan fingerprint density at radius 2 is 1.74 bits per heavy atom. The lowest BCUT2D eigenvalue weighted by molar-refractivity contribution is -0.301. The van der Waals surface area contributed by atoms with E-state index in [4.69, 9.17) is 13.9 Å². The molecule has 4 N–H and O–H groups in total. The van der Waals surface area contributed by atoms with Gasteiger partial charge in [0.1, 0.15) is 18.3 Å². The van der Waals surface area contributed by atoms with Gasteiger partial charge >= 0.3 is 5.63 Å². The minimum absolute atomic E-state index is 0.0213. The summed E-state index contributed by atoms with van der Waals surface area (Å²) in [4.78, 5) is 11.5. The normalized spacial score (nSPS) is 50.5. The van der Waals surface area contributed by atoms with Crippen molar-refractivity contribution in [3.63, 3.8) is 0 Å². The van der Waals surface area contributed by atoms with Gasteiger partial charge in [0.05, 0.1) is 24.1 Å². The lowest BCUT2D eigenvalue weighted by Gasteiger charge is -2.62. The predicted molar refractivity (Wildman–Crippen MR) is 138 cm³/mol. The largest absolute Gasteiger partial charge is 0.431 e. The van der Waals surface area contributed by atoms with Crippen LogP contribution in [0.1, 0.15) is 83.6 Å². The number of aliphatic hydroxyl groups excluding tert-OH is 3. The van der Waals surface area contributed by atoms with E-state index in [1.165, 1.54) is 11.6 Å². The summed E-state index contributed by atoms with van der Waals surface area (Å²) in [5.74, 6) is 0.759. The van der Waals surface area contributed by atoms with Gasteiger partial charge in [-0.15, -0.1) is 0 Å². The topological polar surface area (TPSA) is 130 Å². The summed E-state index contributed by atoms with van der Waals surface area (Å²) in [5.41, 5.74) is 0.991. The van der Waals surface area contributed by atoms with Crippen LogP contribution in [-0.4, -0.2) is 62.8 Å². The Bertz CT molecular complexity index is 1130. The molecule has 0 aromatic carbocycles. The molecule has 4 fully saturated rings. The summed E-state index contributed by atoms with van der Waals surface area (Å²) in [5, 5.41) is 43.0. The maximum atomic E-state index is 12.4. The van der Waals surface area contributed by atoms with Crippen molar-refractivity contribution in [2.24, 2.45) is 22.7 Å². The van der Waals surface area contributed by atoms with Crippen molar-refractivity contribution in [2.75, 3.05) is 0 Å². The lowest BCUT2D eigenvalue weighted by atomic mass is 9.45. The first-order valence-electron chi connectivity index (χ1n) is 14.4. The van der Waals surface area contributed by atoms with E-state index in [2.05, 4.69) is 19.9 Å². The minimum Gasteiger partial charge on any atom is -0.431 e. The van der Waals surface area contributed by atoms with E-state index < -0.39 is 36.3 Å². The van der Waals surface area contributed by atoms with Crippen LogP contribution in [0, 0.1) is 22.7 Å². The molecule has 5 aliphatic rings.